The summed E-state index contributed by atoms with van der Waals surface area (Å²) >= 11 is 0. The average molecular weight is 378 g/mol. The molecule has 0 aliphatic heterocycles. The van der Waals surface area contributed by atoms with E-state index in [1.807, 2.05) is 13.1 Å². The first-order valence-corrected chi connectivity index (χ1v) is 10.0. The lowest BCUT2D eigenvalue weighted by Crippen LogP contribution is -2.23. The predicted octanol–water partition coefficient (Wildman–Crippen LogP) is 4.35. The second-order valence-corrected chi connectivity index (χ2v) is 7.49. The van der Waals surface area contributed by atoms with Crippen molar-refractivity contribution in [3.05, 3.63) is 48.4 Å². The van der Waals surface area contributed by atoms with Gasteiger partial charge in [-0.15, -0.1) is 0 Å². The number of benzene rings is 1. The Balaban J connectivity index is 1.42. The molecule has 1 fully saturated rings. The van der Waals surface area contributed by atoms with E-state index in [2.05, 4.69) is 34.2 Å². The molecule has 0 saturated heterocycles. The van der Waals surface area contributed by atoms with Crippen LogP contribution in [0.4, 0.5) is 5.82 Å². The first kappa shape index (κ1) is 18.5. The molecule has 28 heavy (non-hydrogen) atoms. The zero-order valence-corrected chi connectivity index (χ0v) is 16.2. The number of fused-ring (bicyclic) bond motifs is 1. The highest BCUT2D eigenvalue weighted by Crippen LogP contribution is 2.35. The van der Waals surface area contributed by atoms with Crippen LogP contribution in [-0.4, -0.2) is 26.4 Å². The fourth-order valence-electron chi connectivity index (χ4n) is 4.02. The number of anilines is 1. The number of rotatable bonds is 5. The Morgan fingerprint density at radius 1 is 1.18 bits per heavy atom. The fourth-order valence-corrected chi connectivity index (χ4v) is 4.02. The van der Waals surface area contributed by atoms with Gasteiger partial charge in [-0.25, -0.2) is 9.97 Å². The highest BCUT2D eigenvalue weighted by Gasteiger charge is 2.24. The number of aromatic nitrogens is 3. The van der Waals surface area contributed by atoms with Gasteiger partial charge in [0.15, 0.2) is 0 Å². The molecule has 0 spiro atoms. The lowest BCUT2D eigenvalue weighted by Gasteiger charge is -2.28. The minimum Gasteiger partial charge on any atom is -0.462 e. The lowest BCUT2D eigenvalue weighted by atomic mass is 9.82. The second kappa shape index (κ2) is 8.00. The molecule has 0 amide bonds. The number of carbonyl (C=O) groups excluding carboxylic acids is 1. The fraction of sp³-hybridized carbons (Fsp3) is 0.409. The first-order chi connectivity index (χ1) is 13.7. The number of nitrogen functional groups attached to an aromatic ring is 1. The summed E-state index contributed by atoms with van der Waals surface area (Å²) in [5, 5.41) is 0. The van der Waals surface area contributed by atoms with E-state index in [1.165, 1.54) is 5.56 Å². The van der Waals surface area contributed by atoms with Crippen LogP contribution in [0.3, 0.4) is 0 Å². The van der Waals surface area contributed by atoms with Crippen molar-refractivity contribution in [3.63, 3.8) is 0 Å². The van der Waals surface area contributed by atoms with E-state index in [-0.39, 0.29) is 12.1 Å². The summed E-state index contributed by atoms with van der Waals surface area (Å²) in [6.07, 6.45) is 10.7. The van der Waals surface area contributed by atoms with Gasteiger partial charge in [0.25, 0.3) is 0 Å². The Labute approximate surface area is 164 Å². The van der Waals surface area contributed by atoms with Crippen LogP contribution < -0.4 is 5.73 Å². The Kier molecular flexibility index (Phi) is 5.28. The third-order valence-electron chi connectivity index (χ3n) is 5.59. The minimum absolute atomic E-state index is 0.0589. The van der Waals surface area contributed by atoms with Crippen molar-refractivity contribution < 1.29 is 9.53 Å². The van der Waals surface area contributed by atoms with Crippen LogP contribution in [0.2, 0.25) is 0 Å². The normalized spacial score (nSPS) is 19.6. The molecule has 146 valence electrons. The molecule has 2 aromatic heterocycles. The highest BCUT2D eigenvalue weighted by atomic mass is 16.5. The summed E-state index contributed by atoms with van der Waals surface area (Å²) in [6, 6.07) is 8.58. The van der Waals surface area contributed by atoms with E-state index in [9.17, 15) is 4.79 Å². The largest absolute Gasteiger partial charge is 0.462 e. The number of esters is 1. The quantitative estimate of drug-likeness (QED) is 0.668. The Morgan fingerprint density at radius 2 is 1.93 bits per heavy atom. The molecule has 0 unspecified atom stereocenters. The highest BCUT2D eigenvalue weighted by molar-refractivity contribution is 5.74. The van der Waals surface area contributed by atoms with E-state index in [0.717, 1.165) is 43.2 Å². The van der Waals surface area contributed by atoms with E-state index in [0.29, 0.717) is 23.9 Å². The topological polar surface area (TPSA) is 82.5 Å². The molecule has 6 nitrogen and oxygen atoms in total. The minimum atomic E-state index is -0.0589. The molecule has 3 aromatic rings. The van der Waals surface area contributed by atoms with Crippen molar-refractivity contribution in [2.75, 3.05) is 5.73 Å². The molecule has 0 radical (unpaired) electrons. The van der Waals surface area contributed by atoms with E-state index in [1.54, 1.807) is 16.8 Å². The van der Waals surface area contributed by atoms with Crippen molar-refractivity contribution >= 4 is 17.6 Å². The predicted molar refractivity (Wildman–Crippen MR) is 109 cm³/mol. The van der Waals surface area contributed by atoms with Crippen LogP contribution in [0.25, 0.3) is 16.9 Å². The van der Waals surface area contributed by atoms with Gasteiger partial charge >= 0.3 is 5.97 Å². The maximum absolute atomic E-state index is 11.7. The summed E-state index contributed by atoms with van der Waals surface area (Å²) in [5.41, 5.74) is 9.58. The van der Waals surface area contributed by atoms with Gasteiger partial charge < -0.3 is 10.5 Å². The zero-order valence-electron chi connectivity index (χ0n) is 16.2. The van der Waals surface area contributed by atoms with Gasteiger partial charge in [-0.05, 0) is 49.1 Å². The maximum Gasteiger partial charge on any atom is 0.306 e. The summed E-state index contributed by atoms with van der Waals surface area (Å²) in [4.78, 5) is 20.2. The Morgan fingerprint density at radius 3 is 2.64 bits per heavy atom. The van der Waals surface area contributed by atoms with E-state index >= 15 is 0 Å². The lowest BCUT2D eigenvalue weighted by molar-refractivity contribution is -0.150. The maximum atomic E-state index is 11.7. The number of nitrogens with zero attached hydrogens (tertiary/aromatic N) is 3. The van der Waals surface area contributed by atoms with Crippen LogP contribution in [0.1, 0.15) is 56.9 Å². The van der Waals surface area contributed by atoms with Gasteiger partial charge in [-0.3, -0.25) is 9.20 Å². The molecule has 6 heteroatoms. The number of nitrogens with two attached hydrogens (primary N) is 1. The summed E-state index contributed by atoms with van der Waals surface area (Å²) in [7, 11) is 0. The van der Waals surface area contributed by atoms with E-state index in [4.69, 9.17) is 10.5 Å². The van der Waals surface area contributed by atoms with Crippen molar-refractivity contribution in [3.8, 4) is 11.1 Å². The first-order valence-electron chi connectivity index (χ1n) is 10.0. The Bertz CT molecular complexity index is 956. The van der Waals surface area contributed by atoms with Crippen LogP contribution >= 0.6 is 0 Å². The molecule has 1 aromatic carbocycles. The third-order valence-corrected chi connectivity index (χ3v) is 5.59. The molecule has 0 bridgehead atoms. The number of hydrogen-bond acceptors (Lipinski definition) is 5. The van der Waals surface area contributed by atoms with Crippen molar-refractivity contribution in [2.24, 2.45) is 0 Å². The van der Waals surface area contributed by atoms with Gasteiger partial charge in [0.1, 0.15) is 11.9 Å². The average Bonchev–Trinajstić information content (AvgIpc) is 3.19. The van der Waals surface area contributed by atoms with Crippen molar-refractivity contribution in [1.29, 1.82) is 0 Å². The number of carbonyl (C=O) groups is 1. The molecule has 1 saturated carbocycles. The monoisotopic (exact) mass is 378 g/mol. The van der Waals surface area contributed by atoms with Gasteiger partial charge in [0.05, 0.1) is 0 Å². The van der Waals surface area contributed by atoms with Crippen LogP contribution in [0.5, 0.6) is 0 Å². The number of hydrogen-bond donors (Lipinski definition) is 1. The summed E-state index contributed by atoms with van der Waals surface area (Å²) < 4.78 is 7.36. The molecular weight excluding hydrogens is 352 g/mol. The number of ether oxygens (including phenoxy) is 1. The SMILES string of the molecule is CCCC(=O)OC1CCC(c2ccc(-c3cnc4nccn4c3N)cc2)CC1. The number of imidazole rings is 1. The molecular formula is C22H26N4O2. The Hall–Kier alpha value is -2.89. The molecule has 2 N–H and O–H groups in total. The van der Waals surface area contributed by atoms with Crippen LogP contribution in [0, 0.1) is 0 Å². The van der Waals surface area contributed by atoms with Gasteiger partial charge in [0, 0.05) is 30.6 Å². The molecule has 1 aliphatic rings. The molecule has 0 atom stereocenters. The van der Waals surface area contributed by atoms with E-state index < -0.39 is 0 Å². The smallest absolute Gasteiger partial charge is 0.306 e. The molecule has 2 heterocycles. The van der Waals surface area contributed by atoms with Crippen molar-refractivity contribution in [1.82, 2.24) is 14.4 Å². The van der Waals surface area contributed by atoms with Gasteiger partial charge in [-0.1, -0.05) is 31.2 Å². The molecule has 1 aliphatic carbocycles. The zero-order chi connectivity index (χ0) is 19.5. The standard InChI is InChI=1S/C22H26N4O2/c1-2-3-20(27)28-18-10-8-16(9-11-18)15-4-6-17(7-5-15)19-14-25-22-24-12-13-26(22)21(19)23/h4-7,12-14,16,18H,2-3,8-11,23H2,1H3. The van der Waals surface area contributed by atoms with Crippen molar-refractivity contribution in [2.45, 2.75) is 57.5 Å². The summed E-state index contributed by atoms with van der Waals surface area (Å²) in [6.45, 7) is 2.00. The van der Waals surface area contributed by atoms with Gasteiger partial charge in [-0.2, -0.15) is 0 Å². The third kappa shape index (κ3) is 3.72. The molecule has 4 rings (SSSR count). The summed E-state index contributed by atoms with van der Waals surface area (Å²) in [5.74, 6) is 1.71. The second-order valence-electron chi connectivity index (χ2n) is 7.49. The van der Waals surface area contributed by atoms with Gasteiger partial charge in [0.2, 0.25) is 5.78 Å². The van der Waals surface area contributed by atoms with Crippen LogP contribution in [-0.2, 0) is 9.53 Å². The van der Waals surface area contributed by atoms with Crippen LogP contribution in [0.15, 0.2) is 42.9 Å².